The van der Waals surface area contributed by atoms with Crippen LogP contribution in [0, 0.1) is 0 Å². The molecule has 180 valence electrons. The molecular weight excluding hydrogens is 388 g/mol. The zero-order valence-corrected chi connectivity index (χ0v) is 21.3. The van der Waals surface area contributed by atoms with Gasteiger partial charge in [-0.1, -0.05) is 121 Å². The molecule has 0 bridgehead atoms. The van der Waals surface area contributed by atoms with Crippen molar-refractivity contribution in [2.75, 3.05) is 0 Å². The molecule has 0 N–H and O–H groups in total. The van der Waals surface area contributed by atoms with Gasteiger partial charge in [0.1, 0.15) is 5.82 Å². The summed E-state index contributed by atoms with van der Waals surface area (Å²) in [7, 11) is 0. The second-order valence-electron chi connectivity index (χ2n) is 9.67. The highest BCUT2D eigenvalue weighted by atomic mass is 15.1. The van der Waals surface area contributed by atoms with Crippen molar-refractivity contribution in [3.63, 3.8) is 0 Å². The predicted octanol–water partition coefficient (Wildman–Crippen LogP) is 9.10. The molecule has 2 rings (SSSR count). The fourth-order valence-corrected chi connectivity index (χ4v) is 4.62. The Kier molecular flexibility index (Phi) is 14.9. The number of hydrogen-bond donors (Lipinski definition) is 0. The first-order valence-electron chi connectivity index (χ1n) is 13.9. The van der Waals surface area contributed by atoms with Crippen molar-refractivity contribution in [2.24, 2.45) is 0 Å². The highest BCUT2D eigenvalue weighted by Crippen LogP contribution is 2.15. The van der Waals surface area contributed by atoms with Crippen molar-refractivity contribution < 1.29 is 0 Å². The van der Waals surface area contributed by atoms with E-state index in [1.807, 2.05) is 0 Å². The van der Waals surface area contributed by atoms with Gasteiger partial charge in [0.05, 0.1) is 5.69 Å². The quantitative estimate of drug-likeness (QED) is 0.188. The van der Waals surface area contributed by atoms with Gasteiger partial charge in [-0.05, 0) is 37.7 Å². The minimum absolute atomic E-state index is 1.10. The lowest BCUT2D eigenvalue weighted by atomic mass is 10.1. The number of aromatic nitrogens is 2. The highest BCUT2D eigenvalue weighted by Gasteiger charge is 2.08. The highest BCUT2D eigenvalue weighted by molar-refractivity contribution is 5.15. The summed E-state index contributed by atoms with van der Waals surface area (Å²) in [5.74, 6) is 1.34. The fraction of sp³-hybridized carbons (Fsp3) is 0.700. The van der Waals surface area contributed by atoms with Gasteiger partial charge in [-0.25, -0.2) is 4.98 Å². The van der Waals surface area contributed by atoms with Gasteiger partial charge in [0, 0.05) is 19.2 Å². The van der Waals surface area contributed by atoms with E-state index >= 15 is 0 Å². The van der Waals surface area contributed by atoms with Gasteiger partial charge in [-0.3, -0.25) is 0 Å². The van der Waals surface area contributed by atoms with Gasteiger partial charge in [-0.15, -0.1) is 0 Å². The Hall–Kier alpha value is -1.57. The van der Waals surface area contributed by atoms with Crippen molar-refractivity contribution in [1.82, 2.24) is 9.55 Å². The molecule has 1 aromatic heterocycles. The smallest absolute Gasteiger partial charge is 0.108 e. The predicted molar refractivity (Wildman–Crippen MR) is 140 cm³/mol. The first-order chi connectivity index (χ1) is 15.8. The molecule has 0 aliphatic carbocycles. The lowest BCUT2D eigenvalue weighted by Crippen LogP contribution is -2.03. The van der Waals surface area contributed by atoms with Crippen LogP contribution < -0.4 is 0 Å². The Balaban J connectivity index is 1.66. The number of imidazole rings is 1. The Morgan fingerprint density at radius 2 is 1.19 bits per heavy atom. The van der Waals surface area contributed by atoms with E-state index in [9.17, 15) is 0 Å². The SMILES string of the molecule is CCCCCCCCCCCCCc1nc(CCCc2ccccc2)cn1CCCCC. The maximum Gasteiger partial charge on any atom is 0.108 e. The Bertz CT molecular complexity index is 673. The average molecular weight is 439 g/mol. The van der Waals surface area contributed by atoms with Crippen LogP contribution in [0.15, 0.2) is 36.5 Å². The number of hydrogen-bond acceptors (Lipinski definition) is 1. The van der Waals surface area contributed by atoms with Crippen molar-refractivity contribution in [2.45, 2.75) is 136 Å². The molecular formula is C30H50N2. The lowest BCUT2D eigenvalue weighted by Gasteiger charge is -2.07. The van der Waals surface area contributed by atoms with Crippen LogP contribution >= 0.6 is 0 Å². The Labute approximate surface area is 199 Å². The molecule has 0 saturated carbocycles. The summed E-state index contributed by atoms with van der Waals surface area (Å²) in [6.45, 7) is 5.73. The van der Waals surface area contributed by atoms with Gasteiger partial charge in [0.2, 0.25) is 0 Å². The van der Waals surface area contributed by atoms with Crippen LogP contribution in [0.5, 0.6) is 0 Å². The molecule has 2 heteroatoms. The van der Waals surface area contributed by atoms with Gasteiger partial charge < -0.3 is 4.57 Å². The monoisotopic (exact) mass is 438 g/mol. The molecule has 0 saturated heterocycles. The maximum atomic E-state index is 5.07. The van der Waals surface area contributed by atoms with Crippen LogP contribution in [0.25, 0.3) is 0 Å². The number of unbranched alkanes of at least 4 members (excludes halogenated alkanes) is 12. The summed E-state index contributed by atoms with van der Waals surface area (Å²) in [6, 6.07) is 10.9. The first kappa shape index (κ1) is 26.7. The van der Waals surface area contributed by atoms with E-state index in [1.165, 1.54) is 113 Å². The standard InChI is InChI=1S/C30H50N2/c1-3-5-7-8-9-10-11-12-13-14-18-25-30-31-29(27-32(30)26-19-6-4-2)24-20-23-28-21-16-15-17-22-28/h15-17,21-22,27H,3-14,18-20,23-26H2,1-2H3. The molecule has 0 fully saturated rings. The van der Waals surface area contributed by atoms with Crippen molar-refractivity contribution in [1.29, 1.82) is 0 Å². The Morgan fingerprint density at radius 3 is 1.84 bits per heavy atom. The zero-order valence-electron chi connectivity index (χ0n) is 21.3. The zero-order chi connectivity index (χ0) is 22.7. The number of rotatable bonds is 20. The minimum atomic E-state index is 1.10. The van der Waals surface area contributed by atoms with Crippen LogP contribution in [0.1, 0.15) is 127 Å². The van der Waals surface area contributed by atoms with Gasteiger partial charge in [-0.2, -0.15) is 0 Å². The molecule has 1 heterocycles. The third-order valence-corrected chi connectivity index (χ3v) is 6.66. The number of benzene rings is 1. The average Bonchev–Trinajstić information content (AvgIpc) is 3.20. The lowest BCUT2D eigenvalue weighted by molar-refractivity contribution is 0.538. The van der Waals surface area contributed by atoms with E-state index in [2.05, 4.69) is 54.9 Å². The van der Waals surface area contributed by atoms with Gasteiger partial charge in [0.25, 0.3) is 0 Å². The number of nitrogens with zero attached hydrogens (tertiary/aromatic N) is 2. The summed E-state index contributed by atoms with van der Waals surface area (Å²) < 4.78 is 2.48. The molecule has 0 radical (unpaired) electrons. The topological polar surface area (TPSA) is 17.8 Å². The fourth-order valence-electron chi connectivity index (χ4n) is 4.62. The normalized spacial score (nSPS) is 11.3. The van der Waals surface area contributed by atoms with E-state index in [-0.39, 0.29) is 0 Å². The van der Waals surface area contributed by atoms with Gasteiger partial charge in [0.15, 0.2) is 0 Å². The summed E-state index contributed by atoms with van der Waals surface area (Å²) in [6.07, 6.45) is 26.3. The first-order valence-corrected chi connectivity index (χ1v) is 13.9. The molecule has 0 aliphatic heterocycles. The third kappa shape index (κ3) is 11.9. The second-order valence-corrected chi connectivity index (χ2v) is 9.67. The van der Waals surface area contributed by atoms with Crippen LogP contribution in [-0.2, 0) is 25.8 Å². The Morgan fingerprint density at radius 1 is 0.594 bits per heavy atom. The van der Waals surface area contributed by atoms with Crippen molar-refractivity contribution in [3.05, 3.63) is 53.6 Å². The van der Waals surface area contributed by atoms with Crippen LogP contribution in [0.2, 0.25) is 0 Å². The van der Waals surface area contributed by atoms with Crippen LogP contribution in [0.4, 0.5) is 0 Å². The maximum absolute atomic E-state index is 5.07. The summed E-state index contributed by atoms with van der Waals surface area (Å²) in [5.41, 5.74) is 2.74. The van der Waals surface area contributed by atoms with E-state index in [0.29, 0.717) is 0 Å². The summed E-state index contributed by atoms with van der Waals surface area (Å²) in [4.78, 5) is 5.07. The molecule has 0 aliphatic rings. The van der Waals surface area contributed by atoms with Crippen molar-refractivity contribution >= 4 is 0 Å². The molecule has 0 atom stereocenters. The molecule has 1 aromatic carbocycles. The molecule has 2 aromatic rings. The molecule has 0 unspecified atom stereocenters. The van der Waals surface area contributed by atoms with E-state index < -0.39 is 0 Å². The van der Waals surface area contributed by atoms with Crippen LogP contribution in [-0.4, -0.2) is 9.55 Å². The van der Waals surface area contributed by atoms with E-state index in [1.54, 1.807) is 0 Å². The van der Waals surface area contributed by atoms with E-state index in [0.717, 1.165) is 25.8 Å². The largest absolute Gasteiger partial charge is 0.335 e. The van der Waals surface area contributed by atoms with E-state index in [4.69, 9.17) is 4.98 Å². The molecule has 0 amide bonds. The third-order valence-electron chi connectivity index (χ3n) is 6.66. The second kappa shape index (κ2) is 17.9. The molecule has 0 spiro atoms. The summed E-state index contributed by atoms with van der Waals surface area (Å²) >= 11 is 0. The molecule has 2 nitrogen and oxygen atoms in total. The van der Waals surface area contributed by atoms with Crippen LogP contribution in [0.3, 0.4) is 0 Å². The number of aryl methyl sites for hydroxylation is 4. The minimum Gasteiger partial charge on any atom is -0.335 e. The van der Waals surface area contributed by atoms with Crippen molar-refractivity contribution in [3.8, 4) is 0 Å². The molecule has 32 heavy (non-hydrogen) atoms. The van der Waals surface area contributed by atoms with Gasteiger partial charge >= 0.3 is 0 Å². The summed E-state index contributed by atoms with van der Waals surface area (Å²) in [5, 5.41) is 0.